The van der Waals surface area contributed by atoms with E-state index in [1.165, 1.54) is 11.3 Å². The highest BCUT2D eigenvalue weighted by atomic mass is 79.9. The minimum atomic E-state index is -1.10. The Balaban J connectivity index is 2.06. The number of benzene rings is 1. The maximum atomic E-state index is 11.0. The average Bonchev–Trinajstić information content (AvgIpc) is 3.03. The predicted molar refractivity (Wildman–Crippen MR) is 89.1 cm³/mol. The van der Waals surface area contributed by atoms with E-state index < -0.39 is 5.97 Å². The predicted octanol–water partition coefficient (Wildman–Crippen LogP) is 3.80. The number of hydrogen-bond acceptors (Lipinski definition) is 5. The first-order chi connectivity index (χ1) is 10.1. The summed E-state index contributed by atoms with van der Waals surface area (Å²) >= 11 is 6.45. The number of hydrogen-bond donors (Lipinski definition) is 0. The third-order valence-electron chi connectivity index (χ3n) is 2.81. The fourth-order valence-electron chi connectivity index (χ4n) is 1.93. The van der Waals surface area contributed by atoms with Gasteiger partial charge in [-0.05, 0) is 51.8 Å². The second-order valence-corrected chi connectivity index (χ2v) is 7.87. The van der Waals surface area contributed by atoms with Gasteiger partial charge in [-0.2, -0.15) is 0 Å². The lowest BCUT2D eigenvalue weighted by Crippen LogP contribution is -2.22. The molecular weight excluding hydrogens is 370 g/mol. The standard InChI is InChI=1S/C15H10BrNO2S2/c16-13-6-5-10(20-13)7-9(8-14(18)19)15-17-11-3-1-2-4-12(11)21-15/h1-7H,8H2,(H,18,19)/p-1/b9-7+. The Morgan fingerprint density at radius 1 is 1.24 bits per heavy atom. The molecule has 0 N–H and O–H groups in total. The van der Waals surface area contributed by atoms with E-state index >= 15 is 0 Å². The summed E-state index contributed by atoms with van der Waals surface area (Å²) in [5.74, 6) is -1.10. The fourth-order valence-corrected chi connectivity index (χ4v) is 4.30. The molecule has 0 atom stereocenters. The average molecular weight is 379 g/mol. The highest BCUT2D eigenvalue weighted by Gasteiger charge is 2.10. The summed E-state index contributed by atoms with van der Waals surface area (Å²) in [7, 11) is 0. The SMILES string of the molecule is O=C([O-])C/C(=C\c1ccc(Br)s1)c1nc2ccccc2s1. The maximum Gasteiger partial charge on any atom is 0.120 e. The molecule has 0 aliphatic rings. The second-order valence-electron chi connectivity index (χ2n) is 4.35. The summed E-state index contributed by atoms with van der Waals surface area (Å²) < 4.78 is 2.05. The molecule has 6 heteroatoms. The van der Waals surface area contributed by atoms with Gasteiger partial charge in [0, 0.05) is 17.3 Å². The highest BCUT2D eigenvalue weighted by molar-refractivity contribution is 9.11. The van der Waals surface area contributed by atoms with Crippen molar-refractivity contribution >= 4 is 66.4 Å². The monoisotopic (exact) mass is 378 g/mol. The van der Waals surface area contributed by atoms with Crippen molar-refractivity contribution in [3.63, 3.8) is 0 Å². The van der Waals surface area contributed by atoms with Crippen LogP contribution in [0.15, 0.2) is 40.2 Å². The van der Waals surface area contributed by atoms with Crippen molar-refractivity contribution in [2.75, 3.05) is 0 Å². The van der Waals surface area contributed by atoms with Crippen LogP contribution in [0.25, 0.3) is 21.9 Å². The minimum absolute atomic E-state index is 0.144. The van der Waals surface area contributed by atoms with Gasteiger partial charge in [0.1, 0.15) is 5.01 Å². The van der Waals surface area contributed by atoms with Crippen LogP contribution < -0.4 is 5.11 Å². The van der Waals surface area contributed by atoms with Crippen molar-refractivity contribution in [1.82, 2.24) is 4.98 Å². The van der Waals surface area contributed by atoms with Gasteiger partial charge in [-0.3, -0.25) is 0 Å². The number of thiophene rings is 1. The van der Waals surface area contributed by atoms with E-state index in [0.29, 0.717) is 5.57 Å². The molecule has 21 heavy (non-hydrogen) atoms. The molecule has 1 aromatic carbocycles. The molecule has 0 radical (unpaired) electrons. The molecule has 3 nitrogen and oxygen atoms in total. The molecule has 0 spiro atoms. The van der Waals surface area contributed by atoms with Crippen LogP contribution in [-0.2, 0) is 4.79 Å². The van der Waals surface area contributed by atoms with Crippen LogP contribution in [0.1, 0.15) is 16.3 Å². The van der Waals surface area contributed by atoms with Crippen molar-refractivity contribution < 1.29 is 9.90 Å². The molecule has 0 bridgehead atoms. The van der Waals surface area contributed by atoms with Crippen molar-refractivity contribution in [1.29, 1.82) is 0 Å². The zero-order chi connectivity index (χ0) is 14.8. The highest BCUT2D eigenvalue weighted by Crippen LogP contribution is 2.32. The van der Waals surface area contributed by atoms with Crippen molar-refractivity contribution in [2.45, 2.75) is 6.42 Å². The molecule has 0 saturated heterocycles. The minimum Gasteiger partial charge on any atom is -0.550 e. The lowest BCUT2D eigenvalue weighted by molar-refractivity contribution is -0.304. The van der Waals surface area contributed by atoms with Gasteiger partial charge in [-0.1, -0.05) is 12.1 Å². The van der Waals surface area contributed by atoms with Crippen molar-refractivity contribution in [3.05, 3.63) is 50.1 Å². The number of halogens is 1. The first-order valence-electron chi connectivity index (χ1n) is 6.13. The molecule has 2 heterocycles. The molecular formula is C15H9BrNO2S2-. The van der Waals surface area contributed by atoms with Gasteiger partial charge in [-0.25, -0.2) is 4.98 Å². The number of carbonyl (C=O) groups excluding carboxylic acids is 1. The molecule has 3 rings (SSSR count). The lowest BCUT2D eigenvalue weighted by atomic mass is 10.1. The molecule has 0 saturated carbocycles. The van der Waals surface area contributed by atoms with Gasteiger partial charge < -0.3 is 9.90 Å². The van der Waals surface area contributed by atoms with Crippen LogP contribution in [0.4, 0.5) is 0 Å². The number of aliphatic carboxylic acids is 1. The van der Waals surface area contributed by atoms with Gasteiger partial charge in [0.05, 0.1) is 14.0 Å². The molecule has 0 aliphatic carbocycles. The normalized spacial score (nSPS) is 12.0. The van der Waals surface area contributed by atoms with Crippen LogP contribution in [0.2, 0.25) is 0 Å². The summed E-state index contributed by atoms with van der Waals surface area (Å²) in [6, 6.07) is 11.7. The molecule has 0 aliphatic heterocycles. The van der Waals surface area contributed by atoms with E-state index in [0.717, 1.165) is 23.9 Å². The van der Waals surface area contributed by atoms with Crippen LogP contribution in [-0.4, -0.2) is 11.0 Å². The van der Waals surface area contributed by atoms with E-state index in [1.807, 2.05) is 42.5 Å². The van der Waals surface area contributed by atoms with E-state index in [4.69, 9.17) is 0 Å². The first-order valence-corrected chi connectivity index (χ1v) is 8.56. The Kier molecular flexibility index (Phi) is 4.19. The van der Waals surface area contributed by atoms with E-state index in [-0.39, 0.29) is 6.42 Å². The summed E-state index contributed by atoms with van der Waals surface area (Å²) in [4.78, 5) is 16.5. The van der Waals surface area contributed by atoms with Crippen LogP contribution in [0, 0.1) is 0 Å². The van der Waals surface area contributed by atoms with Gasteiger partial charge in [0.25, 0.3) is 0 Å². The fraction of sp³-hybridized carbons (Fsp3) is 0.0667. The Hall–Kier alpha value is -1.50. The number of rotatable bonds is 4. The Morgan fingerprint density at radius 3 is 2.71 bits per heavy atom. The largest absolute Gasteiger partial charge is 0.550 e. The number of nitrogens with zero attached hydrogens (tertiary/aromatic N) is 1. The summed E-state index contributed by atoms with van der Waals surface area (Å²) in [6.45, 7) is 0. The zero-order valence-electron chi connectivity index (χ0n) is 10.7. The van der Waals surface area contributed by atoms with Gasteiger partial charge in [0.15, 0.2) is 0 Å². The number of para-hydroxylation sites is 1. The summed E-state index contributed by atoms with van der Waals surface area (Å²) in [5, 5.41) is 11.7. The molecule has 2 aromatic heterocycles. The molecule has 106 valence electrons. The number of aromatic nitrogens is 1. The van der Waals surface area contributed by atoms with E-state index in [2.05, 4.69) is 20.9 Å². The zero-order valence-corrected chi connectivity index (χ0v) is 13.9. The molecule has 0 amide bonds. The topological polar surface area (TPSA) is 53.0 Å². The lowest BCUT2D eigenvalue weighted by Gasteiger charge is -2.04. The van der Waals surface area contributed by atoms with Crippen LogP contribution >= 0.6 is 38.6 Å². The molecule has 3 aromatic rings. The first kappa shape index (κ1) is 14.4. The number of carboxylic acids is 1. The quantitative estimate of drug-likeness (QED) is 0.693. The number of fused-ring (bicyclic) bond motifs is 1. The number of thiazole rings is 1. The summed E-state index contributed by atoms with van der Waals surface area (Å²) in [5.41, 5.74) is 1.56. The van der Waals surface area contributed by atoms with Crippen molar-refractivity contribution in [2.24, 2.45) is 0 Å². The second kappa shape index (κ2) is 6.09. The van der Waals surface area contributed by atoms with Crippen molar-refractivity contribution in [3.8, 4) is 0 Å². The molecule has 0 unspecified atom stereocenters. The van der Waals surface area contributed by atoms with E-state index in [9.17, 15) is 9.90 Å². The van der Waals surface area contributed by atoms with Crippen LogP contribution in [0.3, 0.4) is 0 Å². The smallest absolute Gasteiger partial charge is 0.120 e. The van der Waals surface area contributed by atoms with Gasteiger partial charge in [0.2, 0.25) is 0 Å². The number of carboxylic acid groups (broad SMARTS) is 1. The Morgan fingerprint density at radius 2 is 2.05 bits per heavy atom. The third-order valence-corrected chi connectivity index (χ3v) is 5.50. The summed E-state index contributed by atoms with van der Waals surface area (Å²) in [6.07, 6.45) is 1.72. The Labute approximate surface area is 137 Å². The van der Waals surface area contributed by atoms with Crippen LogP contribution in [0.5, 0.6) is 0 Å². The third kappa shape index (κ3) is 3.40. The molecule has 0 fully saturated rings. The number of carbonyl (C=O) groups is 1. The van der Waals surface area contributed by atoms with Gasteiger partial charge in [-0.15, -0.1) is 22.7 Å². The van der Waals surface area contributed by atoms with Gasteiger partial charge >= 0.3 is 0 Å². The maximum absolute atomic E-state index is 11.0. The van der Waals surface area contributed by atoms with E-state index in [1.54, 1.807) is 11.3 Å². The Bertz CT molecular complexity index is 802.